The van der Waals surface area contributed by atoms with Crippen LogP contribution in [0.3, 0.4) is 0 Å². The minimum Gasteiger partial charge on any atom is -0.374 e. The second kappa shape index (κ2) is 5.13. The summed E-state index contributed by atoms with van der Waals surface area (Å²) in [7, 11) is 1.68. The van der Waals surface area contributed by atoms with Gasteiger partial charge in [-0.15, -0.1) is 0 Å². The largest absolute Gasteiger partial charge is 0.374 e. The standard InChI is InChI=1S/C13H26O2/c1-9-15-13(6,7)11(3)10(2)12(4,5)14-8/h9H2,1-8H3/b11-10-/i1D,9D. The van der Waals surface area contributed by atoms with E-state index in [1.807, 2.05) is 41.5 Å². The van der Waals surface area contributed by atoms with Gasteiger partial charge in [0, 0.05) is 15.1 Å². The van der Waals surface area contributed by atoms with E-state index in [0.717, 1.165) is 11.1 Å². The van der Waals surface area contributed by atoms with E-state index >= 15 is 0 Å². The third-order valence-corrected chi connectivity index (χ3v) is 3.26. The third kappa shape index (κ3) is 3.62. The van der Waals surface area contributed by atoms with Crippen LogP contribution in [0.1, 0.15) is 51.2 Å². The highest BCUT2D eigenvalue weighted by molar-refractivity contribution is 5.25. The molecule has 0 saturated carbocycles. The molecule has 0 aromatic carbocycles. The maximum absolute atomic E-state index is 7.55. The van der Waals surface area contributed by atoms with Crippen LogP contribution in [-0.4, -0.2) is 24.9 Å². The van der Waals surface area contributed by atoms with Crippen molar-refractivity contribution in [2.24, 2.45) is 0 Å². The molecule has 0 bridgehead atoms. The van der Waals surface area contributed by atoms with Crippen molar-refractivity contribution in [3.05, 3.63) is 11.1 Å². The second-order valence-electron chi connectivity index (χ2n) is 4.76. The summed E-state index contributed by atoms with van der Waals surface area (Å²) >= 11 is 0. The number of rotatable bonds is 5. The zero-order valence-electron chi connectivity index (χ0n) is 13.1. The summed E-state index contributed by atoms with van der Waals surface area (Å²) in [5.74, 6) is 0. The Morgan fingerprint density at radius 1 is 1.13 bits per heavy atom. The Hall–Kier alpha value is -0.340. The Morgan fingerprint density at radius 2 is 1.60 bits per heavy atom. The summed E-state index contributed by atoms with van der Waals surface area (Å²) in [6.45, 7) is 11.0. The fourth-order valence-electron chi connectivity index (χ4n) is 1.35. The molecule has 0 aliphatic carbocycles. The molecule has 0 rings (SSSR count). The molecule has 0 amide bonds. The summed E-state index contributed by atoms with van der Waals surface area (Å²) < 4.78 is 25.7. The van der Waals surface area contributed by atoms with Crippen molar-refractivity contribution in [2.75, 3.05) is 13.7 Å². The van der Waals surface area contributed by atoms with Gasteiger partial charge in [0.05, 0.1) is 12.6 Å². The van der Waals surface area contributed by atoms with E-state index in [-0.39, 0.29) is 12.5 Å². The number of hydrogen-bond donors (Lipinski definition) is 0. The summed E-state index contributed by atoms with van der Waals surface area (Å²) in [5, 5.41) is 0. The van der Waals surface area contributed by atoms with Gasteiger partial charge in [0.1, 0.15) is 0 Å². The van der Waals surface area contributed by atoms with Crippen LogP contribution in [-0.2, 0) is 9.47 Å². The molecular formula is C13H26O2. The SMILES string of the molecule is [2H]CC([2H])OC(C)(C)/C(C)=C(/C)C(C)(C)OC. The molecule has 0 spiro atoms. The van der Waals surface area contributed by atoms with E-state index in [1.54, 1.807) is 7.11 Å². The molecule has 1 atom stereocenters. The van der Waals surface area contributed by atoms with E-state index in [1.165, 1.54) is 0 Å². The Bertz CT molecular complexity index is 283. The van der Waals surface area contributed by atoms with Crippen LogP contribution >= 0.6 is 0 Å². The summed E-state index contributed by atoms with van der Waals surface area (Å²) in [5.41, 5.74) is 1.26. The van der Waals surface area contributed by atoms with Crippen molar-refractivity contribution in [1.29, 1.82) is 0 Å². The zero-order chi connectivity index (χ0) is 13.9. The van der Waals surface area contributed by atoms with Crippen molar-refractivity contribution >= 4 is 0 Å². The normalized spacial score (nSPS) is 19.1. The first kappa shape index (κ1) is 11.2. The molecule has 90 valence electrons. The maximum atomic E-state index is 7.55. The highest BCUT2D eigenvalue weighted by Gasteiger charge is 2.28. The average molecular weight is 216 g/mol. The molecular weight excluding hydrogens is 188 g/mol. The fraction of sp³-hybridized carbons (Fsp3) is 0.846. The quantitative estimate of drug-likeness (QED) is 0.654. The van der Waals surface area contributed by atoms with Crippen molar-refractivity contribution < 1.29 is 12.2 Å². The van der Waals surface area contributed by atoms with Crippen LogP contribution in [0.15, 0.2) is 11.1 Å². The van der Waals surface area contributed by atoms with E-state index < -0.39 is 12.2 Å². The van der Waals surface area contributed by atoms with Gasteiger partial charge in [-0.25, -0.2) is 0 Å². The third-order valence-electron chi connectivity index (χ3n) is 3.26. The maximum Gasteiger partial charge on any atom is 0.0836 e. The minimum absolute atomic E-state index is 0.0522. The van der Waals surface area contributed by atoms with Gasteiger partial charge >= 0.3 is 0 Å². The van der Waals surface area contributed by atoms with Crippen LogP contribution in [0.5, 0.6) is 0 Å². The lowest BCUT2D eigenvalue weighted by molar-refractivity contribution is 0.0110. The Morgan fingerprint density at radius 3 is 2.00 bits per heavy atom. The fourth-order valence-corrected chi connectivity index (χ4v) is 1.35. The van der Waals surface area contributed by atoms with E-state index in [4.69, 9.17) is 12.2 Å². The molecule has 0 N–H and O–H groups in total. The smallest absolute Gasteiger partial charge is 0.0836 e. The summed E-state index contributed by atoms with van der Waals surface area (Å²) in [6.07, 6.45) is 0. The van der Waals surface area contributed by atoms with Crippen molar-refractivity contribution in [3.63, 3.8) is 0 Å². The minimum atomic E-state index is -0.807. The van der Waals surface area contributed by atoms with Gasteiger partial charge in [0.15, 0.2) is 0 Å². The molecule has 2 nitrogen and oxygen atoms in total. The highest BCUT2D eigenvalue weighted by Crippen LogP contribution is 2.30. The first-order valence-corrected chi connectivity index (χ1v) is 5.21. The molecule has 0 aromatic heterocycles. The Kier molecular flexibility index (Phi) is 3.81. The molecule has 15 heavy (non-hydrogen) atoms. The predicted molar refractivity (Wildman–Crippen MR) is 65.2 cm³/mol. The van der Waals surface area contributed by atoms with Crippen LogP contribution in [0.25, 0.3) is 0 Å². The molecule has 0 aliphatic heterocycles. The lowest BCUT2D eigenvalue weighted by Crippen LogP contribution is -2.32. The van der Waals surface area contributed by atoms with Gasteiger partial charge in [-0.2, -0.15) is 0 Å². The summed E-state index contributed by atoms with van der Waals surface area (Å²) in [6, 6.07) is 0. The van der Waals surface area contributed by atoms with Crippen LogP contribution in [0.4, 0.5) is 0 Å². The van der Waals surface area contributed by atoms with E-state index in [9.17, 15) is 0 Å². The number of methoxy groups -OCH3 is 1. The Balaban J connectivity index is 5.12. The topological polar surface area (TPSA) is 18.5 Å². The molecule has 0 aliphatic rings. The highest BCUT2D eigenvalue weighted by atomic mass is 16.5. The van der Waals surface area contributed by atoms with Crippen LogP contribution in [0, 0.1) is 0 Å². The van der Waals surface area contributed by atoms with Gasteiger partial charge < -0.3 is 9.47 Å². The summed E-state index contributed by atoms with van der Waals surface area (Å²) in [4.78, 5) is 0. The van der Waals surface area contributed by atoms with Crippen LogP contribution in [0.2, 0.25) is 0 Å². The number of hydrogen-bond acceptors (Lipinski definition) is 2. The zero-order valence-corrected chi connectivity index (χ0v) is 11.1. The van der Waals surface area contributed by atoms with Gasteiger partial charge in [-0.3, -0.25) is 0 Å². The van der Waals surface area contributed by atoms with Gasteiger partial charge in [0.2, 0.25) is 0 Å². The molecule has 0 saturated heterocycles. The molecule has 2 heteroatoms. The van der Waals surface area contributed by atoms with Crippen LogP contribution < -0.4 is 0 Å². The van der Waals surface area contributed by atoms with Crippen molar-refractivity contribution in [1.82, 2.24) is 0 Å². The molecule has 0 heterocycles. The molecule has 0 fully saturated rings. The van der Waals surface area contributed by atoms with Gasteiger partial charge in [-0.05, 0) is 59.6 Å². The van der Waals surface area contributed by atoms with E-state index in [2.05, 4.69) is 0 Å². The average Bonchev–Trinajstić information content (AvgIpc) is 2.26. The van der Waals surface area contributed by atoms with Crippen molar-refractivity contribution in [3.8, 4) is 0 Å². The first-order valence-electron chi connectivity index (χ1n) is 6.49. The molecule has 1 unspecified atom stereocenters. The number of ether oxygens (including phenoxy) is 2. The molecule has 0 aromatic rings. The first-order chi connectivity index (χ1) is 7.58. The lowest BCUT2D eigenvalue weighted by atomic mass is 9.87. The monoisotopic (exact) mass is 216 g/mol. The second-order valence-corrected chi connectivity index (χ2v) is 4.76. The van der Waals surface area contributed by atoms with Crippen molar-refractivity contribution in [2.45, 2.75) is 59.6 Å². The lowest BCUT2D eigenvalue weighted by Gasteiger charge is -2.33. The molecule has 0 radical (unpaired) electrons. The predicted octanol–water partition coefficient (Wildman–Crippen LogP) is 3.56. The van der Waals surface area contributed by atoms with Gasteiger partial charge in [-0.1, -0.05) is 0 Å². The van der Waals surface area contributed by atoms with E-state index in [0.29, 0.717) is 0 Å². The Labute approximate surface area is 97.5 Å². The van der Waals surface area contributed by atoms with Gasteiger partial charge in [0.25, 0.3) is 0 Å².